The van der Waals surface area contributed by atoms with Gasteiger partial charge in [0.05, 0.1) is 25.1 Å². The van der Waals surface area contributed by atoms with Gasteiger partial charge < -0.3 is 9.47 Å². The molecule has 8 nitrogen and oxygen atoms in total. The van der Waals surface area contributed by atoms with E-state index in [2.05, 4.69) is 20.5 Å². The van der Waals surface area contributed by atoms with Crippen molar-refractivity contribution in [2.24, 2.45) is 5.10 Å². The SMILES string of the molecule is N#Cc1c(-c2ccccc2)nc(NN=Cc2ccccc2OC2CCOCC2)[nH]c1=O. The molecular weight excluding hydrogens is 394 g/mol. The molecule has 1 aromatic heterocycles. The number of nitrogens with zero attached hydrogens (tertiary/aromatic N) is 3. The average Bonchev–Trinajstić information content (AvgIpc) is 2.81. The molecule has 0 bridgehead atoms. The summed E-state index contributed by atoms with van der Waals surface area (Å²) < 4.78 is 11.5. The molecule has 0 saturated carbocycles. The number of hydrazone groups is 1. The topological polar surface area (TPSA) is 112 Å². The van der Waals surface area contributed by atoms with Gasteiger partial charge >= 0.3 is 0 Å². The lowest BCUT2D eigenvalue weighted by Crippen LogP contribution is -2.26. The highest BCUT2D eigenvalue weighted by Crippen LogP contribution is 2.22. The zero-order valence-electron chi connectivity index (χ0n) is 16.7. The Bertz CT molecular complexity index is 1160. The number of hydrogen-bond acceptors (Lipinski definition) is 7. The predicted octanol–water partition coefficient (Wildman–Crippen LogP) is 3.31. The summed E-state index contributed by atoms with van der Waals surface area (Å²) in [6.45, 7) is 1.40. The van der Waals surface area contributed by atoms with Crippen LogP contribution in [0.25, 0.3) is 11.3 Å². The van der Waals surface area contributed by atoms with Crippen LogP contribution in [0.3, 0.4) is 0 Å². The second-order valence-electron chi connectivity index (χ2n) is 6.95. The Labute approximate surface area is 179 Å². The van der Waals surface area contributed by atoms with E-state index in [1.54, 1.807) is 18.3 Å². The molecule has 0 amide bonds. The van der Waals surface area contributed by atoms with Crippen molar-refractivity contribution in [3.05, 3.63) is 76.1 Å². The number of aromatic nitrogens is 2. The van der Waals surface area contributed by atoms with E-state index >= 15 is 0 Å². The largest absolute Gasteiger partial charge is 0.490 e. The van der Waals surface area contributed by atoms with Crippen LogP contribution in [0.4, 0.5) is 5.95 Å². The van der Waals surface area contributed by atoms with E-state index in [9.17, 15) is 10.1 Å². The highest BCUT2D eigenvalue weighted by Gasteiger charge is 2.16. The van der Waals surface area contributed by atoms with Crippen LogP contribution in [0, 0.1) is 11.3 Å². The molecule has 2 N–H and O–H groups in total. The van der Waals surface area contributed by atoms with E-state index in [-0.39, 0.29) is 17.6 Å². The van der Waals surface area contributed by atoms with Crippen LogP contribution in [0.1, 0.15) is 24.0 Å². The standard InChI is InChI=1S/C23H21N5O3/c24-14-19-21(16-6-2-1-3-7-16)26-23(27-22(19)29)28-25-15-17-8-4-5-9-20(17)31-18-10-12-30-13-11-18/h1-9,15,18H,10-13H2,(H2,26,27,28,29). The third kappa shape index (κ3) is 4.97. The number of rotatable bonds is 6. The fourth-order valence-electron chi connectivity index (χ4n) is 3.27. The summed E-state index contributed by atoms with van der Waals surface area (Å²) in [7, 11) is 0. The summed E-state index contributed by atoms with van der Waals surface area (Å²) in [4.78, 5) is 19.3. The first kappa shape index (κ1) is 20.3. The zero-order valence-corrected chi connectivity index (χ0v) is 16.7. The van der Waals surface area contributed by atoms with Gasteiger partial charge in [0.1, 0.15) is 23.5 Å². The number of para-hydroxylation sites is 1. The van der Waals surface area contributed by atoms with Gasteiger partial charge in [0.2, 0.25) is 5.95 Å². The maximum Gasteiger partial charge on any atom is 0.270 e. The fourth-order valence-corrected chi connectivity index (χ4v) is 3.27. The van der Waals surface area contributed by atoms with E-state index < -0.39 is 5.56 Å². The van der Waals surface area contributed by atoms with E-state index in [1.807, 2.05) is 48.5 Å². The van der Waals surface area contributed by atoms with Gasteiger partial charge in [-0.05, 0) is 12.1 Å². The van der Waals surface area contributed by atoms with Gasteiger partial charge in [0.25, 0.3) is 5.56 Å². The van der Waals surface area contributed by atoms with Crippen molar-refractivity contribution < 1.29 is 9.47 Å². The van der Waals surface area contributed by atoms with Gasteiger partial charge in [-0.1, -0.05) is 42.5 Å². The van der Waals surface area contributed by atoms with E-state index in [0.29, 0.717) is 24.5 Å². The Balaban J connectivity index is 1.54. The molecule has 156 valence electrons. The number of aromatic amines is 1. The van der Waals surface area contributed by atoms with Crippen LogP contribution in [0.5, 0.6) is 5.75 Å². The average molecular weight is 415 g/mol. The van der Waals surface area contributed by atoms with Crippen LogP contribution in [-0.4, -0.2) is 35.5 Å². The lowest BCUT2D eigenvalue weighted by atomic mass is 10.1. The quantitative estimate of drug-likeness (QED) is 0.472. The molecule has 0 atom stereocenters. The lowest BCUT2D eigenvalue weighted by Gasteiger charge is -2.24. The maximum atomic E-state index is 12.3. The molecule has 2 aromatic carbocycles. The van der Waals surface area contributed by atoms with Crippen molar-refractivity contribution in [2.75, 3.05) is 18.6 Å². The van der Waals surface area contributed by atoms with Crippen LogP contribution in [0.15, 0.2) is 64.5 Å². The molecule has 1 aliphatic rings. The van der Waals surface area contributed by atoms with Gasteiger partial charge in [0, 0.05) is 24.0 Å². The molecule has 0 aliphatic carbocycles. The van der Waals surface area contributed by atoms with E-state index in [0.717, 1.165) is 24.2 Å². The molecule has 0 unspecified atom stereocenters. The summed E-state index contributed by atoms with van der Waals surface area (Å²) in [5.41, 5.74) is 3.93. The van der Waals surface area contributed by atoms with Crippen LogP contribution >= 0.6 is 0 Å². The van der Waals surface area contributed by atoms with Crippen LogP contribution < -0.4 is 15.7 Å². The Morgan fingerprint density at radius 1 is 1.16 bits per heavy atom. The van der Waals surface area contributed by atoms with Crippen molar-refractivity contribution in [3.63, 3.8) is 0 Å². The lowest BCUT2D eigenvalue weighted by molar-refractivity contribution is 0.0255. The fraction of sp³-hybridized carbons (Fsp3) is 0.217. The molecule has 8 heteroatoms. The van der Waals surface area contributed by atoms with Gasteiger partial charge in [0.15, 0.2) is 0 Å². The Kier molecular flexibility index (Phi) is 6.35. The molecule has 1 aliphatic heterocycles. The molecule has 1 fully saturated rings. The van der Waals surface area contributed by atoms with Gasteiger partial charge in [-0.2, -0.15) is 10.4 Å². The van der Waals surface area contributed by atoms with E-state index in [4.69, 9.17) is 9.47 Å². The molecule has 31 heavy (non-hydrogen) atoms. The highest BCUT2D eigenvalue weighted by molar-refractivity contribution is 5.83. The molecule has 2 heterocycles. The summed E-state index contributed by atoms with van der Waals surface area (Å²) in [6.07, 6.45) is 3.42. The number of anilines is 1. The third-order valence-electron chi connectivity index (χ3n) is 4.83. The predicted molar refractivity (Wildman–Crippen MR) is 117 cm³/mol. The van der Waals surface area contributed by atoms with Crippen molar-refractivity contribution in [1.29, 1.82) is 5.26 Å². The van der Waals surface area contributed by atoms with E-state index in [1.165, 1.54) is 0 Å². The number of H-pyrrole nitrogens is 1. The summed E-state index contributed by atoms with van der Waals surface area (Å²) in [6, 6.07) is 18.6. The minimum absolute atomic E-state index is 0.0454. The second kappa shape index (κ2) is 9.69. The van der Waals surface area contributed by atoms with Crippen LogP contribution in [-0.2, 0) is 4.74 Å². The normalized spacial score (nSPS) is 14.3. The molecule has 0 spiro atoms. The van der Waals surface area contributed by atoms with Gasteiger partial charge in [-0.15, -0.1) is 0 Å². The second-order valence-corrected chi connectivity index (χ2v) is 6.95. The molecule has 0 radical (unpaired) electrons. The first-order valence-corrected chi connectivity index (χ1v) is 9.97. The number of benzene rings is 2. The number of ether oxygens (including phenoxy) is 2. The number of nitrogens with one attached hydrogen (secondary N) is 2. The Morgan fingerprint density at radius 3 is 2.68 bits per heavy atom. The first-order valence-electron chi connectivity index (χ1n) is 9.97. The van der Waals surface area contributed by atoms with Crippen molar-refractivity contribution >= 4 is 12.2 Å². The molecule has 3 aromatic rings. The Hall–Kier alpha value is -3.96. The number of hydrogen-bond donors (Lipinski definition) is 2. The monoisotopic (exact) mass is 415 g/mol. The van der Waals surface area contributed by atoms with Crippen molar-refractivity contribution in [3.8, 4) is 23.1 Å². The number of nitriles is 1. The minimum atomic E-state index is -0.530. The third-order valence-corrected chi connectivity index (χ3v) is 4.83. The van der Waals surface area contributed by atoms with Gasteiger partial charge in [-0.3, -0.25) is 9.78 Å². The highest BCUT2D eigenvalue weighted by atomic mass is 16.5. The minimum Gasteiger partial charge on any atom is -0.490 e. The zero-order chi connectivity index (χ0) is 21.5. The van der Waals surface area contributed by atoms with Crippen molar-refractivity contribution in [2.45, 2.75) is 18.9 Å². The Morgan fingerprint density at radius 2 is 1.90 bits per heavy atom. The summed E-state index contributed by atoms with van der Waals surface area (Å²) in [5.74, 6) is 0.869. The molecule has 4 rings (SSSR count). The summed E-state index contributed by atoms with van der Waals surface area (Å²) in [5, 5.41) is 13.6. The van der Waals surface area contributed by atoms with Crippen LogP contribution in [0.2, 0.25) is 0 Å². The maximum absolute atomic E-state index is 12.3. The molecule has 1 saturated heterocycles. The smallest absolute Gasteiger partial charge is 0.270 e. The first-order chi connectivity index (χ1) is 15.2. The summed E-state index contributed by atoms with van der Waals surface area (Å²) >= 11 is 0. The van der Waals surface area contributed by atoms with Gasteiger partial charge in [-0.25, -0.2) is 10.4 Å². The van der Waals surface area contributed by atoms with Crippen molar-refractivity contribution in [1.82, 2.24) is 9.97 Å². The molecular formula is C23H21N5O3.